The lowest BCUT2D eigenvalue weighted by molar-refractivity contribution is -0.121. The smallest absolute Gasteiger partial charge is 0.234 e. The van der Waals surface area contributed by atoms with E-state index in [2.05, 4.69) is 4.98 Å². The summed E-state index contributed by atoms with van der Waals surface area (Å²) in [6.07, 6.45) is 2.10. The zero-order valence-electron chi connectivity index (χ0n) is 12.7. The van der Waals surface area contributed by atoms with E-state index in [1.807, 2.05) is 37.3 Å². The molecule has 3 aromatic rings. The van der Waals surface area contributed by atoms with Crippen LogP contribution in [-0.4, -0.2) is 10.9 Å². The van der Waals surface area contributed by atoms with E-state index in [0.29, 0.717) is 23.4 Å². The Hall–Kier alpha value is -2.75. The fourth-order valence-corrected chi connectivity index (χ4v) is 3.14. The van der Waals surface area contributed by atoms with Gasteiger partial charge in [-0.1, -0.05) is 31.2 Å². The summed E-state index contributed by atoms with van der Waals surface area (Å²) in [6.45, 7) is 1.83. The fourth-order valence-electron chi connectivity index (χ4n) is 3.14. The SMILES string of the molecule is CC1Cc2c(F)cccc2N(c2cnc3ccccc3c2)C1=O. The van der Waals surface area contributed by atoms with Gasteiger partial charge in [0.15, 0.2) is 0 Å². The first-order valence-electron chi connectivity index (χ1n) is 7.61. The molecule has 1 unspecified atom stereocenters. The number of carbonyl (C=O) groups excluding carboxylic acids is 1. The third-order valence-electron chi connectivity index (χ3n) is 4.32. The molecule has 23 heavy (non-hydrogen) atoms. The van der Waals surface area contributed by atoms with Crippen LogP contribution in [-0.2, 0) is 11.2 Å². The van der Waals surface area contributed by atoms with Crippen LogP contribution in [0.1, 0.15) is 12.5 Å². The third-order valence-corrected chi connectivity index (χ3v) is 4.32. The van der Waals surface area contributed by atoms with Crippen molar-refractivity contribution in [3.8, 4) is 0 Å². The summed E-state index contributed by atoms with van der Waals surface area (Å²) >= 11 is 0. The normalized spacial score (nSPS) is 17.4. The molecular weight excluding hydrogens is 291 g/mol. The van der Waals surface area contributed by atoms with E-state index >= 15 is 0 Å². The monoisotopic (exact) mass is 306 g/mol. The Morgan fingerprint density at radius 1 is 1.17 bits per heavy atom. The predicted octanol–water partition coefficient (Wildman–Crippen LogP) is 4.23. The lowest BCUT2D eigenvalue weighted by atomic mass is 9.92. The van der Waals surface area contributed by atoms with Crippen LogP contribution in [0.4, 0.5) is 15.8 Å². The molecule has 3 nitrogen and oxygen atoms in total. The van der Waals surface area contributed by atoms with Gasteiger partial charge in [-0.2, -0.15) is 0 Å². The minimum atomic E-state index is -0.263. The summed E-state index contributed by atoms with van der Waals surface area (Å²) in [6, 6.07) is 14.5. The van der Waals surface area contributed by atoms with E-state index < -0.39 is 0 Å². The van der Waals surface area contributed by atoms with Crippen molar-refractivity contribution in [2.75, 3.05) is 4.90 Å². The zero-order chi connectivity index (χ0) is 16.0. The average Bonchev–Trinajstić information content (AvgIpc) is 2.57. The zero-order valence-corrected chi connectivity index (χ0v) is 12.7. The van der Waals surface area contributed by atoms with Gasteiger partial charge in [-0.25, -0.2) is 4.39 Å². The maximum atomic E-state index is 14.2. The van der Waals surface area contributed by atoms with Gasteiger partial charge in [0.2, 0.25) is 5.91 Å². The molecule has 0 radical (unpaired) electrons. The number of para-hydroxylation sites is 1. The maximum absolute atomic E-state index is 14.2. The Kier molecular flexibility index (Phi) is 3.11. The van der Waals surface area contributed by atoms with Crippen LogP contribution in [0.2, 0.25) is 0 Å². The molecule has 114 valence electrons. The standard InChI is InChI=1S/C19H15FN2O/c1-12-9-15-16(20)6-4-8-18(15)22(19(12)23)14-10-13-5-2-3-7-17(13)21-11-14/h2-8,10-12H,9H2,1H3. The van der Waals surface area contributed by atoms with Gasteiger partial charge in [0.1, 0.15) is 5.82 Å². The second kappa shape index (κ2) is 5.16. The van der Waals surface area contributed by atoms with Crippen LogP contribution >= 0.6 is 0 Å². The van der Waals surface area contributed by atoms with Crippen LogP contribution in [0.25, 0.3) is 10.9 Å². The van der Waals surface area contributed by atoms with Crippen molar-refractivity contribution in [3.63, 3.8) is 0 Å². The van der Waals surface area contributed by atoms with Gasteiger partial charge in [-0.3, -0.25) is 14.7 Å². The lowest BCUT2D eigenvalue weighted by Gasteiger charge is -2.33. The molecule has 1 aliphatic heterocycles. The van der Waals surface area contributed by atoms with Crippen LogP contribution in [0, 0.1) is 11.7 Å². The van der Waals surface area contributed by atoms with Gasteiger partial charge in [-0.15, -0.1) is 0 Å². The van der Waals surface area contributed by atoms with E-state index in [1.165, 1.54) is 6.07 Å². The highest BCUT2D eigenvalue weighted by molar-refractivity contribution is 6.05. The van der Waals surface area contributed by atoms with Crippen LogP contribution in [0.3, 0.4) is 0 Å². The van der Waals surface area contributed by atoms with Crippen molar-refractivity contribution in [3.05, 3.63) is 66.1 Å². The van der Waals surface area contributed by atoms with Crippen LogP contribution in [0.5, 0.6) is 0 Å². The highest BCUT2D eigenvalue weighted by atomic mass is 19.1. The van der Waals surface area contributed by atoms with Crippen LogP contribution < -0.4 is 4.90 Å². The molecule has 0 saturated carbocycles. The van der Waals surface area contributed by atoms with Gasteiger partial charge in [0, 0.05) is 16.9 Å². The van der Waals surface area contributed by atoms with Gasteiger partial charge in [-0.05, 0) is 30.7 Å². The van der Waals surface area contributed by atoms with Gasteiger partial charge < -0.3 is 0 Å². The molecule has 4 rings (SSSR count). The number of benzene rings is 2. The largest absolute Gasteiger partial charge is 0.279 e. The molecule has 1 aliphatic rings. The Balaban J connectivity index is 1.92. The Bertz CT molecular complexity index is 922. The minimum absolute atomic E-state index is 0.0276. The highest BCUT2D eigenvalue weighted by Crippen LogP contribution is 2.37. The average molecular weight is 306 g/mol. The van der Waals surface area contributed by atoms with Crippen molar-refractivity contribution < 1.29 is 9.18 Å². The summed E-state index contributed by atoms with van der Waals surface area (Å²) in [5, 5.41) is 0.953. The second-order valence-corrected chi connectivity index (χ2v) is 5.90. The molecule has 4 heteroatoms. The number of carbonyl (C=O) groups is 1. The first kappa shape index (κ1) is 13.9. The van der Waals surface area contributed by atoms with Crippen molar-refractivity contribution in [2.24, 2.45) is 5.92 Å². The number of rotatable bonds is 1. The minimum Gasteiger partial charge on any atom is -0.279 e. The molecule has 1 aromatic heterocycles. The molecular formula is C19H15FN2O. The van der Waals surface area contributed by atoms with Crippen molar-refractivity contribution in [1.82, 2.24) is 4.98 Å². The number of hydrogen-bond acceptors (Lipinski definition) is 2. The molecule has 0 spiro atoms. The molecule has 0 saturated heterocycles. The number of hydrogen-bond donors (Lipinski definition) is 0. The fraction of sp³-hybridized carbons (Fsp3) is 0.158. The first-order valence-corrected chi connectivity index (χ1v) is 7.61. The molecule has 2 heterocycles. The first-order chi connectivity index (χ1) is 11.1. The predicted molar refractivity (Wildman–Crippen MR) is 88.2 cm³/mol. The molecule has 0 fully saturated rings. The van der Waals surface area contributed by atoms with E-state index in [-0.39, 0.29) is 17.6 Å². The van der Waals surface area contributed by atoms with E-state index in [1.54, 1.807) is 23.2 Å². The number of fused-ring (bicyclic) bond motifs is 2. The van der Waals surface area contributed by atoms with Gasteiger partial charge in [0.05, 0.1) is 23.1 Å². The summed E-state index contributed by atoms with van der Waals surface area (Å²) < 4.78 is 14.2. The number of anilines is 2. The van der Waals surface area contributed by atoms with E-state index in [0.717, 1.165) is 10.9 Å². The quantitative estimate of drug-likeness (QED) is 0.674. The molecule has 0 aliphatic carbocycles. The van der Waals surface area contributed by atoms with Crippen molar-refractivity contribution in [2.45, 2.75) is 13.3 Å². The van der Waals surface area contributed by atoms with Gasteiger partial charge in [0.25, 0.3) is 0 Å². The van der Waals surface area contributed by atoms with E-state index in [9.17, 15) is 9.18 Å². The number of halogens is 1. The summed E-state index contributed by atoms with van der Waals surface area (Å²) in [7, 11) is 0. The summed E-state index contributed by atoms with van der Waals surface area (Å²) in [5.41, 5.74) is 2.75. The number of nitrogens with zero attached hydrogens (tertiary/aromatic N) is 2. The molecule has 0 bridgehead atoms. The third kappa shape index (κ3) is 2.18. The van der Waals surface area contributed by atoms with Crippen LogP contribution in [0.15, 0.2) is 54.7 Å². The Morgan fingerprint density at radius 2 is 2.00 bits per heavy atom. The Labute approximate surface area is 133 Å². The van der Waals surface area contributed by atoms with Gasteiger partial charge >= 0.3 is 0 Å². The maximum Gasteiger partial charge on any atom is 0.234 e. The lowest BCUT2D eigenvalue weighted by Crippen LogP contribution is -2.37. The molecule has 2 aromatic carbocycles. The molecule has 0 N–H and O–H groups in total. The molecule has 1 amide bonds. The second-order valence-electron chi connectivity index (χ2n) is 5.90. The Morgan fingerprint density at radius 3 is 2.87 bits per heavy atom. The number of pyridine rings is 1. The topological polar surface area (TPSA) is 33.2 Å². The van der Waals surface area contributed by atoms with Crippen molar-refractivity contribution in [1.29, 1.82) is 0 Å². The highest BCUT2D eigenvalue weighted by Gasteiger charge is 2.32. The summed E-state index contributed by atoms with van der Waals surface area (Å²) in [5.74, 6) is -0.549. The molecule has 1 atom stereocenters. The van der Waals surface area contributed by atoms with Crippen molar-refractivity contribution >= 4 is 28.2 Å². The summed E-state index contributed by atoms with van der Waals surface area (Å²) in [4.78, 5) is 18.7. The van der Waals surface area contributed by atoms with E-state index in [4.69, 9.17) is 0 Å². The number of aromatic nitrogens is 1. The number of amides is 1.